The highest BCUT2D eigenvalue weighted by molar-refractivity contribution is 7.99. The molecule has 2 aliphatic rings. The fourth-order valence-electron chi connectivity index (χ4n) is 3.75. The Labute approximate surface area is 124 Å². The predicted molar refractivity (Wildman–Crippen MR) is 87.0 cm³/mol. The van der Waals surface area contributed by atoms with Crippen molar-refractivity contribution in [1.29, 1.82) is 0 Å². The van der Waals surface area contributed by atoms with Gasteiger partial charge < -0.3 is 5.32 Å². The van der Waals surface area contributed by atoms with Crippen LogP contribution in [-0.2, 0) is 0 Å². The normalized spacial score (nSPS) is 36.0. The molecule has 19 heavy (non-hydrogen) atoms. The van der Waals surface area contributed by atoms with E-state index in [2.05, 4.69) is 56.6 Å². The van der Waals surface area contributed by atoms with Crippen molar-refractivity contribution in [2.45, 2.75) is 76.8 Å². The summed E-state index contributed by atoms with van der Waals surface area (Å²) in [7, 11) is 0. The SMILES string of the molecule is CCSC1CCC(N2CC(C)(C)NCC2C(C)C)C1. The van der Waals surface area contributed by atoms with Gasteiger partial charge in [-0.15, -0.1) is 0 Å². The van der Waals surface area contributed by atoms with Crippen LogP contribution in [0.5, 0.6) is 0 Å². The molecule has 2 rings (SSSR count). The van der Waals surface area contributed by atoms with Crippen LogP contribution in [0, 0.1) is 5.92 Å². The average Bonchev–Trinajstić information content (AvgIpc) is 2.76. The van der Waals surface area contributed by atoms with Gasteiger partial charge in [-0.1, -0.05) is 20.8 Å². The van der Waals surface area contributed by atoms with E-state index in [9.17, 15) is 0 Å². The van der Waals surface area contributed by atoms with Crippen molar-refractivity contribution in [2.75, 3.05) is 18.8 Å². The van der Waals surface area contributed by atoms with Crippen molar-refractivity contribution in [1.82, 2.24) is 10.2 Å². The second-order valence-electron chi connectivity index (χ2n) is 7.29. The summed E-state index contributed by atoms with van der Waals surface area (Å²) in [4.78, 5) is 2.84. The van der Waals surface area contributed by atoms with Crippen LogP contribution in [0.3, 0.4) is 0 Å². The monoisotopic (exact) mass is 284 g/mol. The lowest BCUT2D eigenvalue weighted by molar-refractivity contribution is 0.0339. The van der Waals surface area contributed by atoms with Crippen molar-refractivity contribution in [3.05, 3.63) is 0 Å². The summed E-state index contributed by atoms with van der Waals surface area (Å²) in [6, 6.07) is 1.56. The first-order valence-corrected chi connectivity index (χ1v) is 9.10. The van der Waals surface area contributed by atoms with Crippen molar-refractivity contribution in [3.63, 3.8) is 0 Å². The lowest BCUT2D eigenvalue weighted by Gasteiger charge is -2.49. The number of nitrogens with one attached hydrogen (secondary N) is 1. The van der Waals surface area contributed by atoms with E-state index in [0.717, 1.165) is 29.8 Å². The molecule has 3 atom stereocenters. The Morgan fingerprint density at radius 3 is 2.68 bits per heavy atom. The summed E-state index contributed by atoms with van der Waals surface area (Å²) in [5.41, 5.74) is 0.279. The summed E-state index contributed by atoms with van der Waals surface area (Å²) < 4.78 is 0. The third-order valence-corrected chi connectivity index (χ3v) is 6.02. The van der Waals surface area contributed by atoms with Crippen molar-refractivity contribution in [2.24, 2.45) is 5.92 Å². The highest BCUT2D eigenvalue weighted by Gasteiger charge is 2.40. The summed E-state index contributed by atoms with van der Waals surface area (Å²) in [6.45, 7) is 14.1. The molecule has 3 heteroatoms. The molecular formula is C16H32N2S. The van der Waals surface area contributed by atoms with E-state index in [1.807, 2.05) is 0 Å². The van der Waals surface area contributed by atoms with Gasteiger partial charge in [-0.3, -0.25) is 4.90 Å². The molecule has 0 aromatic carbocycles. The van der Waals surface area contributed by atoms with Crippen molar-refractivity contribution < 1.29 is 0 Å². The van der Waals surface area contributed by atoms with Crippen molar-refractivity contribution in [3.8, 4) is 0 Å². The Balaban J connectivity index is 2.02. The first-order valence-electron chi connectivity index (χ1n) is 8.05. The zero-order valence-electron chi connectivity index (χ0n) is 13.4. The first-order chi connectivity index (χ1) is 8.93. The van der Waals surface area contributed by atoms with Crippen LogP contribution in [0.4, 0.5) is 0 Å². The van der Waals surface area contributed by atoms with Gasteiger partial charge in [0.1, 0.15) is 0 Å². The van der Waals surface area contributed by atoms with Gasteiger partial charge in [0.15, 0.2) is 0 Å². The van der Waals surface area contributed by atoms with E-state index in [0.29, 0.717) is 0 Å². The minimum absolute atomic E-state index is 0.279. The van der Waals surface area contributed by atoms with Crippen LogP contribution in [0.25, 0.3) is 0 Å². The van der Waals surface area contributed by atoms with Crippen molar-refractivity contribution >= 4 is 11.8 Å². The fourth-order valence-corrected chi connectivity index (χ4v) is 4.88. The predicted octanol–water partition coefficient (Wildman–Crippen LogP) is 3.37. The van der Waals surface area contributed by atoms with E-state index < -0.39 is 0 Å². The topological polar surface area (TPSA) is 15.3 Å². The maximum atomic E-state index is 3.73. The van der Waals surface area contributed by atoms with E-state index >= 15 is 0 Å². The molecule has 1 heterocycles. The lowest BCUT2D eigenvalue weighted by atomic mass is 9.91. The zero-order chi connectivity index (χ0) is 14.0. The number of rotatable bonds is 4. The Hall–Kier alpha value is 0.270. The molecule has 0 aromatic rings. The molecule has 0 amide bonds. The molecule has 1 saturated heterocycles. The maximum absolute atomic E-state index is 3.73. The molecule has 1 saturated carbocycles. The Morgan fingerprint density at radius 2 is 2.05 bits per heavy atom. The van der Waals surface area contributed by atoms with Crippen LogP contribution in [0.2, 0.25) is 0 Å². The fraction of sp³-hybridized carbons (Fsp3) is 1.00. The Bertz CT molecular complexity index is 290. The maximum Gasteiger partial charge on any atom is 0.0253 e. The molecule has 112 valence electrons. The van der Waals surface area contributed by atoms with Crippen LogP contribution in [-0.4, -0.2) is 46.6 Å². The standard InChI is InChI=1S/C16H32N2S/c1-6-19-14-8-7-13(9-14)18-11-16(4,5)17-10-15(18)12(2)3/h12-15,17H,6-11H2,1-5H3. The number of nitrogens with zero attached hydrogens (tertiary/aromatic N) is 1. The van der Waals surface area contributed by atoms with Gasteiger partial charge in [-0.25, -0.2) is 0 Å². The summed E-state index contributed by atoms with van der Waals surface area (Å²) in [5.74, 6) is 2.03. The molecule has 1 aliphatic carbocycles. The molecule has 2 fully saturated rings. The molecule has 1 N–H and O–H groups in total. The highest BCUT2D eigenvalue weighted by Crippen LogP contribution is 2.35. The minimum atomic E-state index is 0.279. The van der Waals surface area contributed by atoms with E-state index in [1.165, 1.54) is 31.6 Å². The molecule has 0 radical (unpaired) electrons. The van der Waals surface area contributed by atoms with Gasteiger partial charge in [0.05, 0.1) is 0 Å². The van der Waals surface area contributed by atoms with E-state index in [4.69, 9.17) is 0 Å². The molecule has 2 nitrogen and oxygen atoms in total. The van der Waals surface area contributed by atoms with Crippen LogP contribution < -0.4 is 5.32 Å². The Morgan fingerprint density at radius 1 is 1.32 bits per heavy atom. The van der Waals surface area contributed by atoms with Gasteiger partial charge in [-0.05, 0) is 44.8 Å². The number of hydrogen-bond acceptors (Lipinski definition) is 3. The quantitative estimate of drug-likeness (QED) is 0.852. The number of piperazine rings is 1. The second-order valence-corrected chi connectivity index (χ2v) is 8.87. The number of hydrogen-bond donors (Lipinski definition) is 1. The zero-order valence-corrected chi connectivity index (χ0v) is 14.2. The summed E-state index contributed by atoms with van der Waals surface area (Å²) in [5, 5.41) is 4.65. The number of thioether (sulfide) groups is 1. The first kappa shape index (κ1) is 15.7. The average molecular weight is 285 g/mol. The largest absolute Gasteiger partial charge is 0.309 e. The molecule has 3 unspecified atom stereocenters. The summed E-state index contributed by atoms with van der Waals surface area (Å²) in [6.07, 6.45) is 4.26. The molecular weight excluding hydrogens is 252 g/mol. The third kappa shape index (κ3) is 3.89. The molecule has 0 spiro atoms. The van der Waals surface area contributed by atoms with E-state index in [1.54, 1.807) is 0 Å². The van der Waals surface area contributed by atoms with Gasteiger partial charge in [0.25, 0.3) is 0 Å². The van der Waals surface area contributed by atoms with Crippen LogP contribution in [0.1, 0.15) is 53.9 Å². The van der Waals surface area contributed by atoms with Crippen LogP contribution >= 0.6 is 11.8 Å². The van der Waals surface area contributed by atoms with Gasteiger partial charge >= 0.3 is 0 Å². The highest BCUT2D eigenvalue weighted by atomic mass is 32.2. The lowest BCUT2D eigenvalue weighted by Crippen LogP contribution is -2.64. The minimum Gasteiger partial charge on any atom is -0.309 e. The summed E-state index contributed by atoms with van der Waals surface area (Å²) >= 11 is 2.17. The Kier molecular flexibility index (Phi) is 5.24. The third-order valence-electron chi connectivity index (χ3n) is 4.79. The smallest absolute Gasteiger partial charge is 0.0253 e. The molecule has 0 bridgehead atoms. The second kappa shape index (κ2) is 6.36. The van der Waals surface area contributed by atoms with Gasteiger partial charge in [0.2, 0.25) is 0 Å². The molecule has 1 aliphatic heterocycles. The molecule has 0 aromatic heterocycles. The van der Waals surface area contributed by atoms with E-state index in [-0.39, 0.29) is 5.54 Å². The van der Waals surface area contributed by atoms with Gasteiger partial charge in [0, 0.05) is 36.0 Å². The van der Waals surface area contributed by atoms with Crippen LogP contribution in [0.15, 0.2) is 0 Å². The van der Waals surface area contributed by atoms with Gasteiger partial charge in [-0.2, -0.15) is 11.8 Å².